The van der Waals surface area contributed by atoms with Crippen LogP contribution in [0.15, 0.2) is 6.20 Å². The Morgan fingerprint density at radius 3 is 2.71 bits per heavy atom. The van der Waals surface area contributed by atoms with Crippen molar-refractivity contribution in [2.45, 2.75) is 13.8 Å². The summed E-state index contributed by atoms with van der Waals surface area (Å²) in [6.45, 7) is 3.87. The smallest absolute Gasteiger partial charge is 0.224 e. The van der Waals surface area contributed by atoms with Gasteiger partial charge in [-0.15, -0.1) is 0 Å². The molecule has 0 bridgehead atoms. The van der Waals surface area contributed by atoms with Gasteiger partial charge in [0.25, 0.3) is 0 Å². The zero-order valence-electron chi connectivity index (χ0n) is 10.3. The van der Waals surface area contributed by atoms with Crippen LogP contribution in [0.5, 0.6) is 0 Å². The lowest BCUT2D eigenvalue weighted by molar-refractivity contribution is 0.597. The van der Waals surface area contributed by atoms with E-state index < -0.39 is 9.84 Å². The summed E-state index contributed by atoms with van der Waals surface area (Å²) < 4.78 is 22.6. The van der Waals surface area contributed by atoms with E-state index in [1.807, 2.05) is 6.92 Å². The maximum atomic E-state index is 11.3. The topological polar surface area (TPSA) is 84.0 Å². The summed E-state index contributed by atoms with van der Waals surface area (Å²) in [6.07, 6.45) is 1.69. The second kappa shape index (κ2) is 5.81. The summed E-state index contributed by atoms with van der Waals surface area (Å²) in [5, 5.41) is 5.84. The summed E-state index contributed by atoms with van der Waals surface area (Å²) in [7, 11) is -1.21. The molecule has 1 heterocycles. The lowest BCUT2D eigenvalue weighted by atomic mass is 10.3. The third kappa shape index (κ3) is 4.18. The van der Waals surface area contributed by atoms with Gasteiger partial charge in [-0.2, -0.15) is 4.98 Å². The van der Waals surface area contributed by atoms with E-state index in [-0.39, 0.29) is 11.5 Å². The highest BCUT2D eigenvalue weighted by atomic mass is 32.2. The lowest BCUT2D eigenvalue weighted by Gasteiger charge is -2.09. The van der Waals surface area contributed by atoms with E-state index in [4.69, 9.17) is 0 Å². The Bertz CT molecular complexity index is 473. The fourth-order valence-corrected chi connectivity index (χ4v) is 1.91. The molecule has 0 saturated heterocycles. The van der Waals surface area contributed by atoms with E-state index in [0.717, 1.165) is 5.56 Å². The van der Waals surface area contributed by atoms with Gasteiger partial charge in [-0.05, 0) is 6.92 Å². The summed E-state index contributed by atoms with van der Waals surface area (Å²) in [5.74, 6) is 1.45. The van der Waals surface area contributed by atoms with Gasteiger partial charge >= 0.3 is 0 Å². The molecule has 0 unspecified atom stereocenters. The second-order valence-electron chi connectivity index (χ2n) is 3.64. The van der Waals surface area contributed by atoms with Crippen LogP contribution < -0.4 is 10.6 Å². The van der Waals surface area contributed by atoms with Gasteiger partial charge < -0.3 is 10.6 Å². The molecule has 1 rings (SSSR count). The van der Waals surface area contributed by atoms with Gasteiger partial charge in [0.2, 0.25) is 5.95 Å². The second-order valence-corrected chi connectivity index (χ2v) is 6.11. The molecule has 6 nitrogen and oxygen atoms in total. The molecule has 7 heteroatoms. The predicted molar refractivity (Wildman–Crippen MR) is 69.1 cm³/mol. The maximum absolute atomic E-state index is 11.3. The van der Waals surface area contributed by atoms with Gasteiger partial charge in [-0.1, -0.05) is 6.92 Å². The third-order valence-corrected chi connectivity index (χ3v) is 4.05. The predicted octanol–water partition coefficient (Wildman–Crippen LogP) is 0.673. The Hall–Kier alpha value is -1.37. The molecule has 1 aromatic heterocycles. The molecule has 2 N–H and O–H groups in total. The number of hydrogen-bond acceptors (Lipinski definition) is 6. The lowest BCUT2D eigenvalue weighted by Crippen LogP contribution is -2.18. The van der Waals surface area contributed by atoms with Crippen LogP contribution in [0.25, 0.3) is 0 Å². The first kappa shape index (κ1) is 13.7. The number of aryl methyl sites for hydroxylation is 1. The molecule has 0 aliphatic heterocycles. The summed E-state index contributed by atoms with van der Waals surface area (Å²) >= 11 is 0. The monoisotopic (exact) mass is 258 g/mol. The van der Waals surface area contributed by atoms with Crippen LogP contribution in [0.2, 0.25) is 0 Å². The van der Waals surface area contributed by atoms with Crippen LogP contribution in [0.1, 0.15) is 12.5 Å². The van der Waals surface area contributed by atoms with E-state index in [1.54, 1.807) is 20.2 Å². The number of hydrogen-bond donors (Lipinski definition) is 2. The first-order valence-electron chi connectivity index (χ1n) is 5.44. The van der Waals surface area contributed by atoms with Crippen molar-refractivity contribution in [3.63, 3.8) is 0 Å². The fourth-order valence-electron chi connectivity index (χ4n) is 1.21. The molecule has 0 amide bonds. The number of nitrogens with one attached hydrogen (secondary N) is 2. The minimum atomic E-state index is -2.94. The van der Waals surface area contributed by atoms with Gasteiger partial charge in [0, 0.05) is 31.1 Å². The van der Waals surface area contributed by atoms with E-state index in [2.05, 4.69) is 20.6 Å². The average Bonchev–Trinajstić information content (AvgIpc) is 2.31. The zero-order valence-corrected chi connectivity index (χ0v) is 11.1. The highest BCUT2D eigenvalue weighted by molar-refractivity contribution is 7.91. The van der Waals surface area contributed by atoms with Gasteiger partial charge in [0.05, 0.1) is 5.75 Å². The minimum absolute atomic E-state index is 0.113. The molecule has 96 valence electrons. The molecular weight excluding hydrogens is 240 g/mol. The molecule has 0 spiro atoms. The number of anilines is 2. The molecule has 0 aromatic carbocycles. The van der Waals surface area contributed by atoms with Gasteiger partial charge in [-0.25, -0.2) is 13.4 Å². The van der Waals surface area contributed by atoms with Crippen molar-refractivity contribution in [2.24, 2.45) is 0 Å². The van der Waals surface area contributed by atoms with Crippen molar-refractivity contribution in [3.05, 3.63) is 11.8 Å². The first-order valence-corrected chi connectivity index (χ1v) is 7.26. The Kier molecular flexibility index (Phi) is 4.68. The summed E-state index contributed by atoms with van der Waals surface area (Å²) in [5.41, 5.74) is 0.887. The van der Waals surface area contributed by atoms with Gasteiger partial charge in [0.1, 0.15) is 5.82 Å². The highest BCUT2D eigenvalue weighted by Crippen LogP contribution is 2.11. The summed E-state index contributed by atoms with van der Waals surface area (Å²) in [6, 6.07) is 0. The SMILES string of the molecule is CCS(=O)(=O)CCNc1nc(NC)ncc1C. The standard InChI is InChI=1S/C10H18N4O2S/c1-4-17(15,16)6-5-12-9-8(2)7-13-10(11-3)14-9/h7H,4-6H2,1-3H3,(H2,11,12,13,14). The average molecular weight is 258 g/mol. The van der Waals surface area contributed by atoms with Crippen LogP contribution >= 0.6 is 0 Å². The molecule has 0 aliphatic rings. The van der Waals surface area contributed by atoms with Crippen molar-refractivity contribution < 1.29 is 8.42 Å². The number of sulfone groups is 1. The Balaban J connectivity index is 2.63. The first-order chi connectivity index (χ1) is 7.98. The Morgan fingerprint density at radius 2 is 2.12 bits per heavy atom. The molecule has 0 fully saturated rings. The van der Waals surface area contributed by atoms with Crippen LogP contribution in [-0.4, -0.2) is 43.5 Å². The fraction of sp³-hybridized carbons (Fsp3) is 0.600. The summed E-state index contributed by atoms with van der Waals surface area (Å²) in [4.78, 5) is 8.26. The van der Waals surface area contributed by atoms with E-state index in [0.29, 0.717) is 18.3 Å². The highest BCUT2D eigenvalue weighted by Gasteiger charge is 2.08. The van der Waals surface area contributed by atoms with E-state index in [1.165, 1.54) is 0 Å². The van der Waals surface area contributed by atoms with E-state index >= 15 is 0 Å². The quantitative estimate of drug-likeness (QED) is 0.780. The molecule has 0 radical (unpaired) electrons. The molecule has 0 atom stereocenters. The van der Waals surface area contributed by atoms with Crippen LogP contribution in [0, 0.1) is 6.92 Å². The van der Waals surface area contributed by atoms with Crippen molar-refractivity contribution >= 4 is 21.6 Å². The van der Waals surface area contributed by atoms with Crippen molar-refractivity contribution in [1.82, 2.24) is 9.97 Å². The third-order valence-electron chi connectivity index (χ3n) is 2.34. The van der Waals surface area contributed by atoms with Crippen molar-refractivity contribution in [3.8, 4) is 0 Å². The molecule has 17 heavy (non-hydrogen) atoms. The van der Waals surface area contributed by atoms with Crippen molar-refractivity contribution in [2.75, 3.05) is 35.7 Å². The van der Waals surface area contributed by atoms with Gasteiger partial charge in [0.15, 0.2) is 9.84 Å². The maximum Gasteiger partial charge on any atom is 0.224 e. The normalized spacial score (nSPS) is 11.2. The largest absolute Gasteiger partial charge is 0.369 e. The number of aromatic nitrogens is 2. The number of rotatable bonds is 6. The van der Waals surface area contributed by atoms with E-state index in [9.17, 15) is 8.42 Å². The minimum Gasteiger partial charge on any atom is -0.369 e. The van der Waals surface area contributed by atoms with Crippen LogP contribution in [0.4, 0.5) is 11.8 Å². The molecular formula is C10H18N4O2S. The number of nitrogens with zero attached hydrogens (tertiary/aromatic N) is 2. The van der Waals surface area contributed by atoms with Crippen LogP contribution in [0.3, 0.4) is 0 Å². The van der Waals surface area contributed by atoms with Gasteiger partial charge in [-0.3, -0.25) is 0 Å². The Labute approximate surface area is 102 Å². The molecule has 1 aromatic rings. The molecule has 0 saturated carbocycles. The zero-order chi connectivity index (χ0) is 12.9. The van der Waals surface area contributed by atoms with Crippen LogP contribution in [-0.2, 0) is 9.84 Å². The Morgan fingerprint density at radius 1 is 1.41 bits per heavy atom. The van der Waals surface area contributed by atoms with Crippen molar-refractivity contribution in [1.29, 1.82) is 0 Å². The molecule has 0 aliphatic carbocycles.